The van der Waals surface area contributed by atoms with Crippen LogP contribution < -0.4 is 11.1 Å². The lowest BCUT2D eigenvalue weighted by Crippen LogP contribution is -2.19. The predicted octanol–water partition coefficient (Wildman–Crippen LogP) is 1.89. The number of nitrogens with zero attached hydrogens (tertiary/aromatic N) is 2. The van der Waals surface area contributed by atoms with E-state index in [1.807, 2.05) is 6.92 Å². The minimum absolute atomic E-state index is 0.0132. The number of hydrogen-bond acceptors (Lipinski definition) is 6. The number of nitrogens with one attached hydrogen (secondary N) is 1. The van der Waals surface area contributed by atoms with E-state index < -0.39 is 4.92 Å². The fraction of sp³-hybridized carbons (Fsp3) is 0.364. The van der Waals surface area contributed by atoms with Gasteiger partial charge in [0.15, 0.2) is 5.58 Å². The number of oxazole rings is 1. The molecule has 0 fully saturated rings. The quantitative estimate of drug-likeness (QED) is 0.619. The van der Waals surface area contributed by atoms with E-state index in [9.17, 15) is 10.1 Å². The van der Waals surface area contributed by atoms with E-state index in [1.54, 1.807) is 6.07 Å². The molecule has 2 aromatic rings. The van der Waals surface area contributed by atoms with E-state index in [1.165, 1.54) is 12.1 Å². The molecule has 0 radical (unpaired) electrons. The molecule has 7 heteroatoms. The Morgan fingerprint density at radius 1 is 1.61 bits per heavy atom. The monoisotopic (exact) mass is 250 g/mol. The molecule has 0 saturated carbocycles. The molecule has 0 aliphatic carbocycles. The Balaban J connectivity index is 2.14. The third-order valence-electron chi connectivity index (χ3n) is 2.46. The second-order valence-electron chi connectivity index (χ2n) is 4.12. The standard InChI is InChI=1S/C11H14N4O3/c1-7(12)4-5-13-11-14-9-3-2-8(15(16)17)6-10(9)18-11/h2-3,6-7H,4-5,12H2,1H3,(H,13,14). The average molecular weight is 250 g/mol. The molecule has 96 valence electrons. The Morgan fingerprint density at radius 3 is 3.06 bits per heavy atom. The van der Waals surface area contributed by atoms with Crippen molar-refractivity contribution < 1.29 is 9.34 Å². The van der Waals surface area contributed by atoms with Gasteiger partial charge in [-0.1, -0.05) is 0 Å². The van der Waals surface area contributed by atoms with Crippen LogP contribution in [0, 0.1) is 10.1 Å². The zero-order chi connectivity index (χ0) is 13.1. The van der Waals surface area contributed by atoms with Gasteiger partial charge in [-0.3, -0.25) is 10.1 Å². The summed E-state index contributed by atoms with van der Waals surface area (Å²) >= 11 is 0. The zero-order valence-electron chi connectivity index (χ0n) is 9.92. The summed E-state index contributed by atoms with van der Waals surface area (Å²) in [4.78, 5) is 14.3. The Kier molecular flexibility index (Phi) is 3.42. The molecular weight excluding hydrogens is 236 g/mol. The molecule has 0 aliphatic rings. The van der Waals surface area contributed by atoms with Gasteiger partial charge in [0.25, 0.3) is 11.7 Å². The van der Waals surface area contributed by atoms with Crippen LogP contribution in [-0.2, 0) is 0 Å². The van der Waals surface area contributed by atoms with Gasteiger partial charge in [0.2, 0.25) is 0 Å². The number of hydrogen-bond donors (Lipinski definition) is 2. The van der Waals surface area contributed by atoms with Crippen molar-refractivity contribution in [2.45, 2.75) is 19.4 Å². The lowest BCUT2D eigenvalue weighted by Gasteiger charge is -2.03. The summed E-state index contributed by atoms with van der Waals surface area (Å²) in [6.45, 7) is 2.56. The highest BCUT2D eigenvalue weighted by Crippen LogP contribution is 2.23. The highest BCUT2D eigenvalue weighted by Gasteiger charge is 2.11. The fourth-order valence-electron chi connectivity index (χ4n) is 1.51. The van der Waals surface area contributed by atoms with E-state index in [2.05, 4.69) is 10.3 Å². The third kappa shape index (κ3) is 2.75. The molecule has 1 aromatic heterocycles. The molecule has 1 unspecified atom stereocenters. The molecule has 1 aromatic carbocycles. The summed E-state index contributed by atoms with van der Waals surface area (Å²) in [7, 11) is 0. The molecule has 0 bridgehead atoms. The third-order valence-corrected chi connectivity index (χ3v) is 2.46. The molecular formula is C11H14N4O3. The number of anilines is 1. The van der Waals surface area contributed by atoms with Gasteiger partial charge in [0, 0.05) is 18.7 Å². The fourth-order valence-corrected chi connectivity index (χ4v) is 1.51. The number of non-ortho nitro benzene ring substituents is 1. The Bertz CT molecular complexity index is 564. The molecule has 3 N–H and O–H groups in total. The van der Waals surface area contributed by atoms with E-state index in [-0.39, 0.29) is 11.7 Å². The number of aromatic nitrogens is 1. The first kappa shape index (κ1) is 12.3. The van der Waals surface area contributed by atoms with Crippen molar-refractivity contribution in [1.29, 1.82) is 0 Å². The summed E-state index contributed by atoms with van der Waals surface area (Å²) in [6, 6.07) is 4.78. The first-order valence-electron chi connectivity index (χ1n) is 5.60. The van der Waals surface area contributed by atoms with E-state index >= 15 is 0 Å². The molecule has 0 aliphatic heterocycles. The minimum atomic E-state index is -0.467. The number of nitrogens with two attached hydrogens (primary N) is 1. The highest BCUT2D eigenvalue weighted by atomic mass is 16.6. The SMILES string of the molecule is CC(N)CCNc1nc2ccc([N+](=O)[O-])cc2o1. The maximum absolute atomic E-state index is 10.6. The van der Waals surface area contributed by atoms with Gasteiger partial charge in [-0.15, -0.1) is 0 Å². The normalized spacial score (nSPS) is 12.6. The van der Waals surface area contributed by atoms with Crippen LogP contribution in [0.3, 0.4) is 0 Å². The van der Waals surface area contributed by atoms with Crippen LogP contribution in [0.25, 0.3) is 11.1 Å². The number of fused-ring (bicyclic) bond motifs is 1. The van der Waals surface area contributed by atoms with E-state index in [0.29, 0.717) is 23.7 Å². The van der Waals surface area contributed by atoms with Crippen LogP contribution >= 0.6 is 0 Å². The highest BCUT2D eigenvalue weighted by molar-refractivity contribution is 5.77. The molecule has 0 spiro atoms. The summed E-state index contributed by atoms with van der Waals surface area (Å²) in [5.74, 6) is 0. The van der Waals surface area contributed by atoms with Gasteiger partial charge in [-0.2, -0.15) is 4.98 Å². The van der Waals surface area contributed by atoms with Crippen molar-refractivity contribution in [2.75, 3.05) is 11.9 Å². The lowest BCUT2D eigenvalue weighted by molar-refractivity contribution is -0.384. The van der Waals surface area contributed by atoms with Crippen molar-refractivity contribution in [1.82, 2.24) is 4.98 Å². The van der Waals surface area contributed by atoms with Crippen LogP contribution in [0.4, 0.5) is 11.7 Å². The maximum atomic E-state index is 10.6. The summed E-state index contributed by atoms with van der Waals surface area (Å²) in [5, 5.41) is 13.6. The van der Waals surface area contributed by atoms with Crippen molar-refractivity contribution >= 4 is 22.8 Å². The smallest absolute Gasteiger partial charge is 0.295 e. The molecule has 2 rings (SSSR count). The molecule has 1 atom stereocenters. The van der Waals surface area contributed by atoms with Gasteiger partial charge >= 0.3 is 0 Å². The maximum Gasteiger partial charge on any atom is 0.295 e. The molecule has 1 heterocycles. The Morgan fingerprint density at radius 2 is 2.39 bits per heavy atom. The second kappa shape index (κ2) is 5.01. The summed E-state index contributed by atoms with van der Waals surface area (Å²) < 4.78 is 5.37. The number of nitro groups is 1. The topological polar surface area (TPSA) is 107 Å². The number of benzene rings is 1. The van der Waals surface area contributed by atoms with Crippen molar-refractivity contribution in [3.63, 3.8) is 0 Å². The summed E-state index contributed by atoms with van der Waals surface area (Å²) in [6.07, 6.45) is 0.791. The van der Waals surface area contributed by atoms with Gasteiger partial charge in [-0.25, -0.2) is 0 Å². The van der Waals surface area contributed by atoms with Gasteiger partial charge < -0.3 is 15.5 Å². The minimum Gasteiger partial charge on any atom is -0.423 e. The van der Waals surface area contributed by atoms with E-state index in [4.69, 9.17) is 10.2 Å². The Labute approximate surface area is 103 Å². The zero-order valence-corrected chi connectivity index (χ0v) is 9.92. The van der Waals surface area contributed by atoms with Crippen LogP contribution in [0.2, 0.25) is 0 Å². The Hall–Kier alpha value is -2.15. The molecule has 18 heavy (non-hydrogen) atoms. The predicted molar refractivity (Wildman–Crippen MR) is 67.4 cm³/mol. The van der Waals surface area contributed by atoms with E-state index in [0.717, 1.165) is 6.42 Å². The average Bonchev–Trinajstić information content (AvgIpc) is 2.69. The van der Waals surface area contributed by atoms with Crippen LogP contribution in [-0.4, -0.2) is 22.5 Å². The first-order valence-corrected chi connectivity index (χ1v) is 5.60. The molecule has 0 saturated heterocycles. The molecule has 7 nitrogen and oxygen atoms in total. The largest absolute Gasteiger partial charge is 0.423 e. The van der Waals surface area contributed by atoms with Gasteiger partial charge in [0.05, 0.1) is 11.0 Å². The lowest BCUT2D eigenvalue weighted by atomic mass is 10.2. The number of rotatable bonds is 5. The van der Waals surface area contributed by atoms with Crippen molar-refractivity contribution in [3.05, 3.63) is 28.3 Å². The van der Waals surface area contributed by atoms with Crippen LogP contribution in [0.5, 0.6) is 0 Å². The first-order chi connectivity index (χ1) is 8.56. The molecule has 0 amide bonds. The van der Waals surface area contributed by atoms with Crippen molar-refractivity contribution in [2.24, 2.45) is 5.73 Å². The van der Waals surface area contributed by atoms with Gasteiger partial charge in [0.1, 0.15) is 5.52 Å². The number of nitro benzene ring substituents is 1. The van der Waals surface area contributed by atoms with Crippen LogP contribution in [0.1, 0.15) is 13.3 Å². The van der Waals surface area contributed by atoms with Crippen molar-refractivity contribution in [3.8, 4) is 0 Å². The van der Waals surface area contributed by atoms with Gasteiger partial charge in [-0.05, 0) is 19.4 Å². The summed E-state index contributed by atoms with van der Waals surface area (Å²) in [5.41, 5.74) is 6.59. The second-order valence-corrected chi connectivity index (χ2v) is 4.12. The van der Waals surface area contributed by atoms with Crippen LogP contribution in [0.15, 0.2) is 22.6 Å².